The number of hydrogen-bond acceptors (Lipinski definition) is 4. The van der Waals surface area contributed by atoms with Gasteiger partial charge in [-0.05, 0) is 66.5 Å². The second-order valence-corrected chi connectivity index (χ2v) is 8.23. The van der Waals surface area contributed by atoms with Gasteiger partial charge in [0.15, 0.2) is 5.96 Å². The fourth-order valence-corrected chi connectivity index (χ4v) is 4.15. The van der Waals surface area contributed by atoms with Gasteiger partial charge in [-0.2, -0.15) is 5.10 Å². The minimum Gasteiger partial charge on any atom is -0.369 e. The van der Waals surface area contributed by atoms with Gasteiger partial charge in [-0.3, -0.25) is 9.69 Å². The Kier molecular flexibility index (Phi) is 3.86. The summed E-state index contributed by atoms with van der Waals surface area (Å²) in [6.07, 6.45) is 5.92. The molecule has 1 aliphatic carbocycles. The van der Waals surface area contributed by atoms with Crippen molar-refractivity contribution in [2.45, 2.75) is 25.3 Å². The van der Waals surface area contributed by atoms with Crippen molar-refractivity contribution in [2.75, 3.05) is 7.05 Å². The number of aliphatic imine (C=N–C) groups is 1. The number of nitrogens with zero attached hydrogens (tertiary/aromatic N) is 4. The van der Waals surface area contributed by atoms with E-state index in [2.05, 4.69) is 33.8 Å². The Morgan fingerprint density at radius 2 is 2.12 bits per heavy atom. The number of rotatable bonds is 3. The molecule has 1 aromatic carbocycles. The number of amides is 1. The largest absolute Gasteiger partial charge is 0.369 e. The second-order valence-electron chi connectivity index (χ2n) is 6.98. The standard InChI is InChI=1S/C18H20IN5O/c1-18(15(11-6-7-11)16(25)23(2)17(20)22-18)12-9-21-24(10-12)14-5-3-4-13(19)8-14/h3-5,8-11,15H,6-7H2,1-2H3,(H2,20,22)/t15-,18-/m1/s1. The van der Waals surface area contributed by atoms with Crippen molar-refractivity contribution in [1.29, 1.82) is 0 Å². The number of carbonyl (C=O) groups is 1. The van der Waals surface area contributed by atoms with Gasteiger partial charge in [0.1, 0.15) is 5.54 Å². The zero-order chi connectivity index (χ0) is 17.8. The normalized spacial score (nSPS) is 26.7. The van der Waals surface area contributed by atoms with Gasteiger partial charge >= 0.3 is 0 Å². The number of benzene rings is 1. The monoisotopic (exact) mass is 449 g/mol. The van der Waals surface area contributed by atoms with Gasteiger partial charge in [-0.15, -0.1) is 0 Å². The van der Waals surface area contributed by atoms with Crippen LogP contribution in [0.25, 0.3) is 5.69 Å². The first-order valence-electron chi connectivity index (χ1n) is 8.34. The zero-order valence-electron chi connectivity index (χ0n) is 14.2. The molecule has 130 valence electrons. The molecule has 2 N–H and O–H groups in total. The van der Waals surface area contributed by atoms with Crippen LogP contribution in [-0.2, 0) is 10.3 Å². The molecule has 0 saturated heterocycles. The summed E-state index contributed by atoms with van der Waals surface area (Å²) in [5, 5.41) is 4.51. The van der Waals surface area contributed by atoms with Gasteiger partial charge in [0.25, 0.3) is 0 Å². The molecule has 2 aliphatic rings. The minimum atomic E-state index is -0.672. The molecule has 0 bridgehead atoms. The van der Waals surface area contributed by atoms with Gasteiger partial charge < -0.3 is 5.73 Å². The Morgan fingerprint density at radius 3 is 2.80 bits per heavy atom. The number of halogens is 1. The lowest BCUT2D eigenvalue weighted by Crippen LogP contribution is -2.54. The highest BCUT2D eigenvalue weighted by molar-refractivity contribution is 14.1. The Bertz CT molecular complexity index is 872. The lowest BCUT2D eigenvalue weighted by Gasteiger charge is -2.40. The van der Waals surface area contributed by atoms with Crippen molar-refractivity contribution in [3.8, 4) is 5.69 Å². The predicted molar refractivity (Wildman–Crippen MR) is 104 cm³/mol. The van der Waals surface area contributed by atoms with E-state index in [4.69, 9.17) is 10.7 Å². The van der Waals surface area contributed by atoms with E-state index >= 15 is 0 Å². The molecule has 2 heterocycles. The van der Waals surface area contributed by atoms with Crippen LogP contribution in [0.4, 0.5) is 0 Å². The molecule has 1 aromatic heterocycles. The first-order chi connectivity index (χ1) is 11.9. The van der Waals surface area contributed by atoms with Crippen molar-refractivity contribution < 1.29 is 4.79 Å². The molecule has 0 unspecified atom stereocenters. The zero-order valence-corrected chi connectivity index (χ0v) is 16.3. The number of nitrogens with two attached hydrogens (primary N) is 1. The van der Waals surface area contributed by atoms with Crippen molar-refractivity contribution in [2.24, 2.45) is 22.6 Å². The molecule has 0 spiro atoms. The van der Waals surface area contributed by atoms with Crippen LogP contribution in [0.2, 0.25) is 0 Å². The molecule has 7 heteroatoms. The van der Waals surface area contributed by atoms with Gasteiger partial charge in [0.05, 0.1) is 17.8 Å². The minimum absolute atomic E-state index is 0.0551. The number of hydrogen-bond donors (Lipinski definition) is 1. The third kappa shape index (κ3) is 2.74. The van der Waals surface area contributed by atoms with E-state index < -0.39 is 5.54 Å². The van der Waals surface area contributed by atoms with E-state index in [1.54, 1.807) is 7.05 Å². The summed E-state index contributed by atoms with van der Waals surface area (Å²) in [5.41, 5.74) is 7.27. The van der Waals surface area contributed by atoms with E-state index in [1.165, 1.54) is 4.90 Å². The number of guanidine groups is 1. The molecule has 1 amide bonds. The quantitative estimate of drug-likeness (QED) is 0.732. The van der Waals surface area contributed by atoms with Gasteiger partial charge in [0, 0.05) is 22.4 Å². The summed E-state index contributed by atoms with van der Waals surface area (Å²) in [4.78, 5) is 19.1. The average molecular weight is 449 g/mol. The van der Waals surface area contributed by atoms with Crippen LogP contribution < -0.4 is 5.73 Å². The highest BCUT2D eigenvalue weighted by Gasteiger charge is 2.53. The highest BCUT2D eigenvalue weighted by atomic mass is 127. The Balaban J connectivity index is 1.78. The lowest BCUT2D eigenvalue weighted by molar-refractivity contribution is -0.135. The van der Waals surface area contributed by atoms with Crippen LogP contribution in [0.15, 0.2) is 41.7 Å². The van der Waals surface area contributed by atoms with Crippen molar-refractivity contribution in [3.63, 3.8) is 0 Å². The lowest BCUT2D eigenvalue weighted by atomic mass is 9.76. The Morgan fingerprint density at radius 1 is 1.36 bits per heavy atom. The summed E-state index contributed by atoms with van der Waals surface area (Å²) < 4.78 is 2.98. The Labute approximate surface area is 160 Å². The second kappa shape index (κ2) is 5.82. The summed E-state index contributed by atoms with van der Waals surface area (Å²) in [6.45, 7) is 2.00. The molecule has 25 heavy (non-hydrogen) atoms. The van der Waals surface area contributed by atoms with E-state index in [9.17, 15) is 4.79 Å². The first kappa shape index (κ1) is 16.6. The van der Waals surface area contributed by atoms with Crippen LogP contribution in [-0.4, -0.2) is 33.6 Å². The molecule has 1 fully saturated rings. The summed E-state index contributed by atoms with van der Waals surface area (Å²) >= 11 is 2.28. The molecule has 1 aliphatic heterocycles. The molecule has 6 nitrogen and oxygen atoms in total. The maximum atomic E-state index is 12.9. The van der Waals surface area contributed by atoms with Crippen molar-refractivity contribution >= 4 is 34.5 Å². The van der Waals surface area contributed by atoms with Crippen LogP contribution in [0.1, 0.15) is 25.3 Å². The molecule has 0 radical (unpaired) electrons. The van der Waals surface area contributed by atoms with Crippen LogP contribution in [0, 0.1) is 15.4 Å². The van der Waals surface area contributed by atoms with Crippen LogP contribution in [0.3, 0.4) is 0 Å². The summed E-state index contributed by atoms with van der Waals surface area (Å²) in [6, 6.07) is 8.12. The molecule has 2 aromatic rings. The van der Waals surface area contributed by atoms with E-state index in [-0.39, 0.29) is 17.8 Å². The molecule has 1 saturated carbocycles. The van der Waals surface area contributed by atoms with Crippen molar-refractivity contribution in [3.05, 3.63) is 45.8 Å². The maximum Gasteiger partial charge on any atom is 0.235 e. The third-order valence-electron chi connectivity index (χ3n) is 5.23. The van der Waals surface area contributed by atoms with Crippen LogP contribution >= 0.6 is 22.6 Å². The average Bonchev–Trinajstić information content (AvgIpc) is 3.26. The predicted octanol–water partition coefficient (Wildman–Crippen LogP) is 2.50. The fraction of sp³-hybridized carbons (Fsp3) is 0.389. The van der Waals surface area contributed by atoms with E-state index in [0.29, 0.717) is 5.92 Å². The molecular formula is C18H20IN5O. The Hall–Kier alpha value is -1.90. The fourth-order valence-electron chi connectivity index (χ4n) is 3.62. The number of carbonyl (C=O) groups excluding carboxylic acids is 1. The van der Waals surface area contributed by atoms with Crippen molar-refractivity contribution in [1.82, 2.24) is 14.7 Å². The topological polar surface area (TPSA) is 76.5 Å². The van der Waals surface area contributed by atoms with Crippen LogP contribution in [0.5, 0.6) is 0 Å². The molecule has 2 atom stereocenters. The molecule has 4 rings (SSSR count). The van der Waals surface area contributed by atoms with Gasteiger partial charge in [-0.1, -0.05) is 6.07 Å². The maximum absolute atomic E-state index is 12.9. The highest BCUT2D eigenvalue weighted by Crippen LogP contribution is 2.50. The third-order valence-corrected chi connectivity index (χ3v) is 5.90. The summed E-state index contributed by atoms with van der Waals surface area (Å²) in [5.74, 6) is 0.516. The first-order valence-corrected chi connectivity index (χ1v) is 9.42. The van der Waals surface area contributed by atoms with E-state index in [0.717, 1.165) is 27.7 Å². The SMILES string of the molecule is CN1C(=O)[C@@H](C2CC2)[C@@](C)(c2cnn(-c3cccc(I)c3)c2)N=C1N. The summed E-state index contributed by atoms with van der Waals surface area (Å²) in [7, 11) is 1.70. The smallest absolute Gasteiger partial charge is 0.235 e. The number of aromatic nitrogens is 2. The van der Waals surface area contributed by atoms with Gasteiger partial charge in [0.2, 0.25) is 5.91 Å². The van der Waals surface area contributed by atoms with Gasteiger partial charge in [-0.25, -0.2) is 9.67 Å². The molecular weight excluding hydrogens is 429 g/mol. The van der Waals surface area contributed by atoms with E-state index in [1.807, 2.05) is 42.2 Å².